The molecule has 16 heteroatoms. The summed E-state index contributed by atoms with van der Waals surface area (Å²) in [6.07, 6.45) is -9.74. The van der Waals surface area contributed by atoms with E-state index in [1.54, 1.807) is 6.08 Å². The predicted octanol–water partition coefficient (Wildman–Crippen LogP) is -3.06. The zero-order valence-corrected chi connectivity index (χ0v) is 24.6. The quantitative estimate of drug-likeness (QED) is 0.0436. The van der Waals surface area contributed by atoms with Crippen molar-refractivity contribution in [3.63, 3.8) is 0 Å². The van der Waals surface area contributed by atoms with E-state index in [1.807, 2.05) is 0 Å². The molecule has 0 bridgehead atoms. The summed E-state index contributed by atoms with van der Waals surface area (Å²) < 4.78 is 54.4. The highest BCUT2D eigenvalue weighted by Crippen LogP contribution is 2.29. The number of ether oxygens (including phenoxy) is 10. The first-order valence-corrected chi connectivity index (χ1v) is 14.5. The monoisotopic (exact) mass is 630 g/mol. The smallest absolute Gasteiger partial charge is 0.187 e. The Hall–Kier alpha value is -0.900. The highest BCUT2D eigenvalue weighted by Gasteiger charge is 2.47. The Morgan fingerprint density at radius 1 is 0.581 bits per heavy atom. The Bertz CT molecular complexity index is 687. The normalized spacial score (nSPS) is 31.3. The molecule has 0 amide bonds. The van der Waals surface area contributed by atoms with E-state index < -0.39 is 68.5 Å². The van der Waals surface area contributed by atoms with Gasteiger partial charge in [0, 0.05) is 6.42 Å². The molecule has 0 aromatic rings. The van der Waals surface area contributed by atoms with E-state index in [9.17, 15) is 30.6 Å². The summed E-state index contributed by atoms with van der Waals surface area (Å²) in [6.45, 7) is 7.75. The van der Waals surface area contributed by atoms with Gasteiger partial charge in [-0.15, -0.1) is 6.58 Å². The van der Waals surface area contributed by atoms with Crippen molar-refractivity contribution in [3.05, 3.63) is 12.7 Å². The van der Waals surface area contributed by atoms with E-state index in [2.05, 4.69) is 6.58 Å². The van der Waals surface area contributed by atoms with Gasteiger partial charge >= 0.3 is 0 Å². The van der Waals surface area contributed by atoms with Gasteiger partial charge in [-0.3, -0.25) is 0 Å². The fourth-order valence-corrected chi connectivity index (χ4v) is 4.15. The van der Waals surface area contributed by atoms with E-state index >= 15 is 0 Å². The Balaban J connectivity index is 1.45. The van der Waals surface area contributed by atoms with Crippen LogP contribution in [0.25, 0.3) is 0 Å². The SMILES string of the molecule is C=CCOCCOCCOCCOCCOCCOCCO[C@@H]1OC(CO)[C@@H](O[C@@H]2OC(CO)[C@H](O)C(O)C2O)CC1O. The van der Waals surface area contributed by atoms with Crippen molar-refractivity contribution in [1.29, 1.82) is 0 Å². The lowest BCUT2D eigenvalue weighted by molar-refractivity contribution is -0.342. The molecule has 0 saturated carbocycles. The molecule has 2 heterocycles. The number of rotatable bonds is 25. The van der Waals surface area contributed by atoms with Crippen molar-refractivity contribution in [2.45, 2.75) is 61.7 Å². The van der Waals surface area contributed by atoms with Gasteiger partial charge in [0.1, 0.15) is 36.6 Å². The Morgan fingerprint density at radius 2 is 1.05 bits per heavy atom. The van der Waals surface area contributed by atoms with Gasteiger partial charge in [0.2, 0.25) is 0 Å². The second-order valence-electron chi connectivity index (χ2n) is 9.70. The van der Waals surface area contributed by atoms with Crippen LogP contribution in [-0.4, -0.2) is 185 Å². The largest absolute Gasteiger partial charge is 0.394 e. The second kappa shape index (κ2) is 23.4. The number of hydrogen-bond acceptors (Lipinski definition) is 16. The molecule has 2 rings (SSSR count). The molecule has 2 aliphatic heterocycles. The van der Waals surface area contributed by atoms with Gasteiger partial charge in [-0.25, -0.2) is 0 Å². The zero-order chi connectivity index (χ0) is 31.3. The van der Waals surface area contributed by atoms with Crippen LogP contribution in [0.2, 0.25) is 0 Å². The highest BCUT2D eigenvalue weighted by molar-refractivity contribution is 4.91. The maximum Gasteiger partial charge on any atom is 0.187 e. The number of aliphatic hydroxyl groups excluding tert-OH is 6. The third-order valence-electron chi connectivity index (χ3n) is 6.45. The van der Waals surface area contributed by atoms with Crippen molar-refractivity contribution >= 4 is 0 Å². The van der Waals surface area contributed by atoms with Gasteiger partial charge in [-0.2, -0.15) is 0 Å². The van der Waals surface area contributed by atoms with Gasteiger partial charge in [0.15, 0.2) is 12.6 Å². The third-order valence-corrected chi connectivity index (χ3v) is 6.45. The maximum atomic E-state index is 10.5. The van der Waals surface area contributed by atoms with E-state index in [0.29, 0.717) is 72.7 Å². The molecule has 0 aromatic heterocycles. The number of hydrogen-bond donors (Lipinski definition) is 6. The zero-order valence-electron chi connectivity index (χ0n) is 24.6. The van der Waals surface area contributed by atoms with Gasteiger partial charge < -0.3 is 78.0 Å². The maximum absolute atomic E-state index is 10.5. The van der Waals surface area contributed by atoms with Crippen molar-refractivity contribution in [2.24, 2.45) is 0 Å². The molecule has 16 nitrogen and oxygen atoms in total. The summed E-state index contributed by atoms with van der Waals surface area (Å²) in [5.74, 6) is 0. The molecule has 9 atom stereocenters. The predicted molar refractivity (Wildman–Crippen MR) is 146 cm³/mol. The lowest BCUT2D eigenvalue weighted by Gasteiger charge is -2.44. The van der Waals surface area contributed by atoms with E-state index in [0.717, 1.165) is 0 Å². The molecule has 2 fully saturated rings. The van der Waals surface area contributed by atoms with Crippen LogP contribution in [0.1, 0.15) is 6.42 Å². The molecule has 2 aliphatic rings. The van der Waals surface area contributed by atoms with Crippen molar-refractivity contribution in [3.8, 4) is 0 Å². The van der Waals surface area contributed by atoms with Crippen LogP contribution >= 0.6 is 0 Å². The van der Waals surface area contributed by atoms with E-state index in [-0.39, 0.29) is 19.6 Å². The minimum Gasteiger partial charge on any atom is -0.394 e. The Kier molecular flexibility index (Phi) is 20.9. The average Bonchev–Trinajstić information content (AvgIpc) is 3.01. The lowest BCUT2D eigenvalue weighted by atomic mass is 9.98. The van der Waals surface area contributed by atoms with Gasteiger partial charge in [-0.1, -0.05) is 6.08 Å². The van der Waals surface area contributed by atoms with Crippen LogP contribution in [0.3, 0.4) is 0 Å². The molecule has 5 unspecified atom stereocenters. The summed E-state index contributed by atoms with van der Waals surface area (Å²) in [6, 6.07) is 0. The van der Waals surface area contributed by atoms with Crippen molar-refractivity contribution in [2.75, 3.05) is 99.1 Å². The fourth-order valence-electron chi connectivity index (χ4n) is 4.15. The summed E-state index contributed by atoms with van der Waals surface area (Å²) in [5, 5.41) is 59.6. The van der Waals surface area contributed by atoms with Crippen LogP contribution in [0.5, 0.6) is 0 Å². The van der Waals surface area contributed by atoms with Crippen LogP contribution in [0.15, 0.2) is 12.7 Å². The Labute approximate surface area is 251 Å². The summed E-state index contributed by atoms with van der Waals surface area (Å²) >= 11 is 0. The third kappa shape index (κ3) is 14.8. The molecule has 6 N–H and O–H groups in total. The minimum absolute atomic E-state index is 0.0330. The summed E-state index contributed by atoms with van der Waals surface area (Å²) in [4.78, 5) is 0. The average molecular weight is 631 g/mol. The number of aliphatic hydroxyl groups is 6. The summed E-state index contributed by atoms with van der Waals surface area (Å²) in [5.41, 5.74) is 0. The molecule has 0 aliphatic carbocycles. The molecule has 43 heavy (non-hydrogen) atoms. The van der Waals surface area contributed by atoms with Gasteiger partial charge in [0.25, 0.3) is 0 Å². The van der Waals surface area contributed by atoms with E-state index in [1.165, 1.54) is 0 Å². The first-order valence-electron chi connectivity index (χ1n) is 14.5. The van der Waals surface area contributed by atoms with Crippen molar-refractivity contribution < 1.29 is 78.0 Å². The second-order valence-corrected chi connectivity index (χ2v) is 9.70. The standard InChI is InChI=1S/C27H50O16/c1-2-3-34-4-5-35-6-7-36-8-9-37-10-11-38-12-13-39-14-15-40-26-19(30)16-20(21(17-28)42-26)41-27-25(33)24(32)23(31)22(18-29)43-27/h2,19-33H,1,3-18H2/t19?,20-,21?,22?,23-,24?,25?,26+,27+/m0/s1. The Morgan fingerprint density at radius 3 is 1.53 bits per heavy atom. The lowest BCUT2D eigenvalue weighted by Crippen LogP contribution is -2.61. The van der Waals surface area contributed by atoms with Gasteiger partial charge in [0.05, 0.1) is 105 Å². The highest BCUT2D eigenvalue weighted by atomic mass is 16.7. The molecule has 0 aromatic carbocycles. The first-order chi connectivity index (χ1) is 20.9. The topological polar surface area (TPSA) is 214 Å². The fraction of sp³-hybridized carbons (Fsp3) is 0.926. The molecular formula is C27H50O16. The van der Waals surface area contributed by atoms with E-state index in [4.69, 9.17) is 47.4 Å². The van der Waals surface area contributed by atoms with Crippen LogP contribution in [0, 0.1) is 0 Å². The molecular weight excluding hydrogens is 580 g/mol. The van der Waals surface area contributed by atoms with Crippen molar-refractivity contribution in [1.82, 2.24) is 0 Å². The summed E-state index contributed by atoms with van der Waals surface area (Å²) in [7, 11) is 0. The van der Waals surface area contributed by atoms with Gasteiger partial charge in [-0.05, 0) is 0 Å². The minimum atomic E-state index is -1.62. The first kappa shape index (κ1) is 38.3. The van der Waals surface area contributed by atoms with Crippen LogP contribution < -0.4 is 0 Å². The molecule has 2 saturated heterocycles. The molecule has 0 radical (unpaired) electrons. The molecule has 0 spiro atoms. The van der Waals surface area contributed by atoms with Crippen LogP contribution in [-0.2, 0) is 47.4 Å². The van der Waals surface area contributed by atoms with Crippen LogP contribution in [0.4, 0.5) is 0 Å². The molecule has 254 valence electrons.